The fraction of sp³-hybridized carbons (Fsp3) is 0.381. The first kappa shape index (κ1) is 21.4. The zero-order valence-corrected chi connectivity index (χ0v) is 19.2. The molecule has 1 aliphatic heterocycles. The first-order valence-electron chi connectivity index (χ1n) is 9.91. The number of nitrogens with one attached hydrogen (secondary N) is 2. The van der Waals surface area contributed by atoms with Crippen molar-refractivity contribution in [3.63, 3.8) is 0 Å². The maximum absolute atomic E-state index is 4.70. The van der Waals surface area contributed by atoms with Gasteiger partial charge in [0.15, 0.2) is 17.4 Å². The summed E-state index contributed by atoms with van der Waals surface area (Å²) in [6.07, 6.45) is 3.09. The van der Waals surface area contributed by atoms with Crippen LogP contribution in [0.4, 0.5) is 5.69 Å². The van der Waals surface area contributed by atoms with Gasteiger partial charge in [-0.1, -0.05) is 24.3 Å². The first-order chi connectivity index (χ1) is 13.8. The maximum Gasteiger partial charge on any atom is 0.191 e. The lowest BCUT2D eigenvalue weighted by molar-refractivity contribution is 0.625. The highest BCUT2D eigenvalue weighted by Crippen LogP contribution is 2.28. The predicted molar refractivity (Wildman–Crippen MR) is 128 cm³/mol. The number of para-hydroxylation sites is 1. The Morgan fingerprint density at radius 2 is 1.97 bits per heavy atom. The van der Waals surface area contributed by atoms with Crippen LogP contribution in [0.3, 0.4) is 0 Å². The highest BCUT2D eigenvalue weighted by Gasteiger charge is 2.22. The Labute approximate surface area is 188 Å². The molecule has 0 saturated heterocycles. The number of pyridine rings is 1. The first-order valence-corrected chi connectivity index (χ1v) is 9.91. The molecule has 3 heterocycles. The van der Waals surface area contributed by atoms with Gasteiger partial charge in [-0.15, -0.1) is 34.2 Å². The van der Waals surface area contributed by atoms with Crippen LogP contribution in [0.5, 0.6) is 0 Å². The molecule has 8 heteroatoms. The molecule has 0 saturated carbocycles. The van der Waals surface area contributed by atoms with Gasteiger partial charge in [0, 0.05) is 37.6 Å². The second-order valence-electron chi connectivity index (χ2n) is 7.04. The summed E-state index contributed by atoms with van der Waals surface area (Å²) in [5.74, 6) is 1.63. The molecule has 0 fully saturated rings. The summed E-state index contributed by atoms with van der Waals surface area (Å²) in [6, 6.07) is 14.9. The molecule has 7 nitrogen and oxygen atoms in total. The maximum atomic E-state index is 4.70. The zero-order valence-electron chi connectivity index (χ0n) is 16.9. The summed E-state index contributed by atoms with van der Waals surface area (Å²) in [4.78, 5) is 7.17. The number of halogens is 1. The summed E-state index contributed by atoms with van der Waals surface area (Å²) in [5.41, 5.74) is 3.63. The summed E-state index contributed by atoms with van der Waals surface area (Å²) in [5, 5.41) is 15.2. The van der Waals surface area contributed by atoms with E-state index >= 15 is 0 Å². The van der Waals surface area contributed by atoms with Crippen molar-refractivity contribution in [2.45, 2.75) is 32.9 Å². The minimum atomic E-state index is 0. The van der Waals surface area contributed by atoms with Crippen molar-refractivity contribution >= 4 is 41.3 Å². The smallest absolute Gasteiger partial charge is 0.191 e. The van der Waals surface area contributed by atoms with Gasteiger partial charge in [-0.05, 0) is 44.0 Å². The van der Waals surface area contributed by atoms with E-state index in [1.165, 1.54) is 11.3 Å². The Balaban J connectivity index is 0.00000240. The Morgan fingerprint density at radius 3 is 2.83 bits per heavy atom. The average molecular weight is 505 g/mol. The number of hydrogen-bond acceptors (Lipinski definition) is 4. The van der Waals surface area contributed by atoms with Gasteiger partial charge in [0.1, 0.15) is 6.54 Å². The molecule has 0 amide bonds. The Hall–Kier alpha value is -2.36. The van der Waals surface area contributed by atoms with E-state index in [1.807, 2.05) is 28.8 Å². The normalized spacial score (nSPS) is 14.4. The Kier molecular flexibility index (Phi) is 7.29. The molecule has 29 heavy (non-hydrogen) atoms. The van der Waals surface area contributed by atoms with Crippen LogP contribution in [0.1, 0.15) is 25.2 Å². The molecule has 3 aromatic rings. The van der Waals surface area contributed by atoms with Gasteiger partial charge in [0.25, 0.3) is 0 Å². The highest BCUT2D eigenvalue weighted by molar-refractivity contribution is 14.0. The molecule has 0 spiro atoms. The summed E-state index contributed by atoms with van der Waals surface area (Å²) in [7, 11) is 0. The number of benzene rings is 1. The van der Waals surface area contributed by atoms with E-state index in [1.54, 1.807) is 0 Å². The van der Waals surface area contributed by atoms with E-state index < -0.39 is 0 Å². The Bertz CT molecular complexity index is 968. The molecular weight excluding hydrogens is 477 g/mol. The lowest BCUT2D eigenvalue weighted by Crippen LogP contribution is -2.45. The molecule has 0 bridgehead atoms. The lowest BCUT2D eigenvalue weighted by atomic mass is 10.2. The van der Waals surface area contributed by atoms with Crippen LogP contribution < -0.4 is 15.5 Å². The second kappa shape index (κ2) is 9.91. The lowest BCUT2D eigenvalue weighted by Gasteiger charge is -2.28. The third kappa shape index (κ3) is 4.80. The molecule has 4 rings (SSSR count). The zero-order chi connectivity index (χ0) is 19.3. The van der Waals surface area contributed by atoms with Gasteiger partial charge in [-0.25, -0.2) is 4.99 Å². The fourth-order valence-electron chi connectivity index (χ4n) is 3.67. The van der Waals surface area contributed by atoms with Gasteiger partial charge in [0.2, 0.25) is 0 Å². The molecule has 2 N–H and O–H groups in total. The van der Waals surface area contributed by atoms with Crippen molar-refractivity contribution < 1.29 is 0 Å². The topological polar surface area (TPSA) is 69.8 Å². The number of fused-ring (bicyclic) bond motifs is 2. The Morgan fingerprint density at radius 1 is 1.14 bits per heavy atom. The molecule has 1 aliphatic rings. The van der Waals surface area contributed by atoms with Crippen molar-refractivity contribution in [1.29, 1.82) is 0 Å². The SMILES string of the molecule is CCNC(=NCc1nnc2ccccn12)NCC(C)N1CCc2ccccc21.I. The van der Waals surface area contributed by atoms with E-state index in [0.29, 0.717) is 12.6 Å². The van der Waals surface area contributed by atoms with Crippen molar-refractivity contribution in [3.05, 3.63) is 60.0 Å². The van der Waals surface area contributed by atoms with Crippen molar-refractivity contribution in [2.24, 2.45) is 4.99 Å². The molecular formula is C21H28IN7. The average Bonchev–Trinajstić information content (AvgIpc) is 3.34. The van der Waals surface area contributed by atoms with E-state index in [-0.39, 0.29) is 24.0 Å². The van der Waals surface area contributed by atoms with Crippen LogP contribution in [-0.2, 0) is 13.0 Å². The van der Waals surface area contributed by atoms with Crippen LogP contribution >= 0.6 is 24.0 Å². The van der Waals surface area contributed by atoms with E-state index in [0.717, 1.165) is 43.5 Å². The third-order valence-electron chi connectivity index (χ3n) is 5.13. The standard InChI is InChI=1S/C21H27N7.HI/c1-3-22-21(24-15-20-26-25-19-10-6-7-12-28(19)20)23-14-16(2)27-13-11-17-8-4-5-9-18(17)27;/h4-10,12,16H,3,11,13-15H2,1-2H3,(H2,22,23,24);1H. The third-order valence-corrected chi connectivity index (χ3v) is 5.13. The van der Waals surface area contributed by atoms with Gasteiger partial charge < -0.3 is 15.5 Å². The molecule has 0 aliphatic carbocycles. The minimum Gasteiger partial charge on any atom is -0.366 e. The summed E-state index contributed by atoms with van der Waals surface area (Å²) < 4.78 is 1.97. The van der Waals surface area contributed by atoms with Gasteiger partial charge in [0.05, 0.1) is 0 Å². The number of anilines is 1. The van der Waals surface area contributed by atoms with Crippen molar-refractivity contribution in [1.82, 2.24) is 25.2 Å². The fourth-order valence-corrected chi connectivity index (χ4v) is 3.67. The summed E-state index contributed by atoms with van der Waals surface area (Å²) >= 11 is 0. The van der Waals surface area contributed by atoms with Crippen LogP contribution in [0, 0.1) is 0 Å². The largest absolute Gasteiger partial charge is 0.366 e. The van der Waals surface area contributed by atoms with E-state index in [9.17, 15) is 0 Å². The van der Waals surface area contributed by atoms with Gasteiger partial charge in [-0.3, -0.25) is 4.40 Å². The van der Waals surface area contributed by atoms with Crippen molar-refractivity contribution in [2.75, 3.05) is 24.5 Å². The minimum absolute atomic E-state index is 0. The molecule has 154 valence electrons. The monoisotopic (exact) mass is 505 g/mol. The highest BCUT2D eigenvalue weighted by atomic mass is 127. The van der Waals surface area contributed by atoms with Crippen LogP contribution in [0.25, 0.3) is 5.65 Å². The molecule has 1 atom stereocenters. The molecule has 2 aromatic heterocycles. The number of aliphatic imine (C=N–C) groups is 1. The molecule has 0 radical (unpaired) electrons. The van der Waals surface area contributed by atoms with E-state index in [2.05, 4.69) is 63.8 Å². The summed E-state index contributed by atoms with van der Waals surface area (Å²) in [6.45, 7) is 7.51. The molecule has 1 unspecified atom stereocenters. The van der Waals surface area contributed by atoms with Crippen LogP contribution in [0.15, 0.2) is 53.7 Å². The number of nitrogens with zero attached hydrogens (tertiary/aromatic N) is 5. The quantitative estimate of drug-likeness (QED) is 0.307. The number of aromatic nitrogens is 3. The van der Waals surface area contributed by atoms with Crippen molar-refractivity contribution in [3.8, 4) is 0 Å². The second-order valence-corrected chi connectivity index (χ2v) is 7.04. The van der Waals surface area contributed by atoms with Crippen LogP contribution in [-0.4, -0.2) is 46.2 Å². The van der Waals surface area contributed by atoms with Gasteiger partial charge >= 0.3 is 0 Å². The predicted octanol–water partition coefficient (Wildman–Crippen LogP) is 2.85. The van der Waals surface area contributed by atoms with Crippen LogP contribution in [0.2, 0.25) is 0 Å². The number of hydrogen-bond donors (Lipinski definition) is 2. The number of rotatable bonds is 6. The molecule has 1 aromatic carbocycles. The van der Waals surface area contributed by atoms with Gasteiger partial charge in [-0.2, -0.15) is 0 Å². The van der Waals surface area contributed by atoms with E-state index in [4.69, 9.17) is 4.99 Å². The number of guanidine groups is 1.